The number of ether oxygens (including phenoxy) is 1. The van der Waals surface area contributed by atoms with Crippen LogP contribution in [0.5, 0.6) is 0 Å². The van der Waals surface area contributed by atoms with E-state index in [1.165, 1.54) is 23.5 Å². The molecule has 3 aromatic rings. The van der Waals surface area contributed by atoms with E-state index in [1.807, 2.05) is 16.9 Å². The Labute approximate surface area is 170 Å². The Balaban J connectivity index is 1.75. The number of carbonyl (C=O) groups excluding carboxylic acids is 2. The summed E-state index contributed by atoms with van der Waals surface area (Å²) in [5, 5.41) is 16.4. The highest BCUT2D eigenvalue weighted by atomic mass is 32.1. The largest absolute Gasteiger partial charge is 0.454 e. The summed E-state index contributed by atoms with van der Waals surface area (Å²) < 4.78 is 6.95. The number of carbonyl (C=O) groups is 2. The zero-order valence-corrected chi connectivity index (χ0v) is 16.8. The second-order valence-electron chi connectivity index (χ2n) is 6.17. The average molecular weight is 414 g/mol. The number of nitrogens with one attached hydrogen (secondary N) is 1. The van der Waals surface area contributed by atoms with Gasteiger partial charge in [0.15, 0.2) is 11.7 Å². The topological polar surface area (TPSA) is 116 Å². The first kappa shape index (κ1) is 20.2. The number of hydrogen-bond donors (Lipinski definition) is 1. The van der Waals surface area contributed by atoms with Crippen molar-refractivity contribution >= 4 is 34.5 Å². The highest BCUT2D eigenvalue weighted by molar-refractivity contribution is 7.12. The van der Waals surface area contributed by atoms with E-state index >= 15 is 0 Å². The Hall–Kier alpha value is -3.53. The van der Waals surface area contributed by atoms with Crippen molar-refractivity contribution < 1.29 is 19.2 Å². The smallest absolute Gasteiger partial charge is 0.338 e. The summed E-state index contributed by atoms with van der Waals surface area (Å²) in [6.45, 7) is 3.19. The number of esters is 1. The number of aryl methyl sites for hydroxylation is 1. The van der Waals surface area contributed by atoms with Gasteiger partial charge in [0.25, 0.3) is 5.69 Å². The van der Waals surface area contributed by atoms with E-state index in [1.54, 1.807) is 26.2 Å². The first-order chi connectivity index (χ1) is 13.8. The SMILES string of the molecule is CNc1ccc(C(=O)OCC(=O)c2cc(C)n(-c3nccs3)c2C)cc1[N+](=O)[O-]. The minimum Gasteiger partial charge on any atom is -0.454 e. The number of nitro groups is 1. The van der Waals surface area contributed by atoms with Crippen LogP contribution in [0.15, 0.2) is 35.8 Å². The van der Waals surface area contributed by atoms with Crippen LogP contribution in [-0.4, -0.2) is 39.9 Å². The fourth-order valence-electron chi connectivity index (χ4n) is 2.98. The molecular formula is C19H18N4O5S. The minimum atomic E-state index is -0.808. The maximum absolute atomic E-state index is 12.6. The van der Waals surface area contributed by atoms with Gasteiger partial charge in [0.1, 0.15) is 5.69 Å². The lowest BCUT2D eigenvalue weighted by Crippen LogP contribution is -2.15. The van der Waals surface area contributed by atoms with Crippen molar-refractivity contribution in [2.75, 3.05) is 19.0 Å². The van der Waals surface area contributed by atoms with E-state index in [4.69, 9.17) is 4.74 Å². The summed E-state index contributed by atoms with van der Waals surface area (Å²) >= 11 is 1.45. The molecule has 2 heterocycles. The molecule has 9 nitrogen and oxygen atoms in total. The Morgan fingerprint density at radius 2 is 2.07 bits per heavy atom. The number of benzene rings is 1. The van der Waals surface area contributed by atoms with Gasteiger partial charge in [-0.2, -0.15) is 0 Å². The quantitative estimate of drug-likeness (QED) is 0.272. The fraction of sp³-hybridized carbons (Fsp3) is 0.211. The van der Waals surface area contributed by atoms with Crippen LogP contribution >= 0.6 is 11.3 Å². The summed E-state index contributed by atoms with van der Waals surface area (Å²) in [5.41, 5.74) is 1.99. The predicted octanol–water partition coefficient (Wildman–Crippen LogP) is 3.54. The third-order valence-corrected chi connectivity index (χ3v) is 5.13. The molecule has 2 aromatic heterocycles. The number of hydrogen-bond acceptors (Lipinski definition) is 8. The van der Waals surface area contributed by atoms with E-state index in [-0.39, 0.29) is 22.7 Å². The van der Waals surface area contributed by atoms with Crippen molar-refractivity contribution in [1.82, 2.24) is 9.55 Å². The molecule has 10 heteroatoms. The monoisotopic (exact) mass is 414 g/mol. The molecule has 0 unspecified atom stereocenters. The molecule has 0 saturated carbocycles. The molecule has 0 aliphatic rings. The molecule has 0 saturated heterocycles. The van der Waals surface area contributed by atoms with Gasteiger partial charge in [-0.25, -0.2) is 9.78 Å². The average Bonchev–Trinajstić information content (AvgIpc) is 3.32. The summed E-state index contributed by atoms with van der Waals surface area (Å²) in [4.78, 5) is 39.6. The molecular weight excluding hydrogens is 396 g/mol. The molecule has 0 aliphatic heterocycles. The lowest BCUT2D eigenvalue weighted by Gasteiger charge is -2.07. The number of ketones is 1. The van der Waals surface area contributed by atoms with Crippen molar-refractivity contribution in [2.45, 2.75) is 13.8 Å². The van der Waals surface area contributed by atoms with Gasteiger partial charge < -0.3 is 10.1 Å². The van der Waals surface area contributed by atoms with E-state index in [9.17, 15) is 19.7 Å². The molecule has 0 amide bonds. The molecule has 0 spiro atoms. The summed E-state index contributed by atoms with van der Waals surface area (Å²) in [7, 11) is 1.54. The summed E-state index contributed by atoms with van der Waals surface area (Å²) in [5.74, 6) is -1.17. The highest BCUT2D eigenvalue weighted by Gasteiger charge is 2.21. The number of thiazole rings is 1. The standard InChI is InChI=1S/C19H18N4O5S/c1-11-8-14(12(2)22(11)19-21-6-7-29-19)17(24)10-28-18(25)13-4-5-15(20-3)16(9-13)23(26)27/h4-9,20H,10H2,1-3H3. The fourth-order valence-corrected chi connectivity index (χ4v) is 3.73. The molecule has 0 radical (unpaired) electrons. The van der Waals surface area contributed by atoms with Gasteiger partial charge in [0.05, 0.1) is 10.5 Å². The van der Waals surface area contributed by atoms with Gasteiger partial charge in [0.2, 0.25) is 5.78 Å². The predicted molar refractivity (Wildman–Crippen MR) is 108 cm³/mol. The second-order valence-corrected chi connectivity index (χ2v) is 7.05. The third-order valence-electron chi connectivity index (χ3n) is 4.38. The molecule has 0 aliphatic carbocycles. The normalized spacial score (nSPS) is 10.6. The Kier molecular flexibility index (Phi) is 5.74. The van der Waals surface area contributed by atoms with E-state index < -0.39 is 17.5 Å². The lowest BCUT2D eigenvalue weighted by atomic mass is 10.1. The van der Waals surface area contributed by atoms with Crippen LogP contribution in [0.1, 0.15) is 32.1 Å². The number of Topliss-reactive ketones (excluding diaryl/α,β-unsaturated/α-hetero) is 1. The van der Waals surface area contributed by atoms with Crippen molar-refractivity contribution in [3.05, 3.63) is 68.5 Å². The number of anilines is 1. The lowest BCUT2D eigenvalue weighted by molar-refractivity contribution is -0.384. The van der Waals surface area contributed by atoms with Crippen LogP contribution in [0.4, 0.5) is 11.4 Å². The van der Waals surface area contributed by atoms with Crippen molar-refractivity contribution in [1.29, 1.82) is 0 Å². The van der Waals surface area contributed by atoms with Gasteiger partial charge in [0, 0.05) is 41.6 Å². The van der Waals surface area contributed by atoms with Crippen LogP contribution in [0.25, 0.3) is 5.13 Å². The molecule has 1 N–H and O–H groups in total. The number of nitrogens with zero attached hydrogens (tertiary/aromatic N) is 3. The van der Waals surface area contributed by atoms with Crippen LogP contribution in [0.3, 0.4) is 0 Å². The van der Waals surface area contributed by atoms with Gasteiger partial charge >= 0.3 is 5.97 Å². The maximum Gasteiger partial charge on any atom is 0.338 e. The van der Waals surface area contributed by atoms with Gasteiger partial charge in [-0.3, -0.25) is 19.5 Å². The van der Waals surface area contributed by atoms with Crippen LogP contribution < -0.4 is 5.32 Å². The van der Waals surface area contributed by atoms with Crippen LogP contribution in [0.2, 0.25) is 0 Å². The number of aromatic nitrogens is 2. The molecule has 150 valence electrons. The molecule has 29 heavy (non-hydrogen) atoms. The van der Waals surface area contributed by atoms with E-state index in [0.29, 0.717) is 11.3 Å². The minimum absolute atomic E-state index is 0.00300. The van der Waals surface area contributed by atoms with Crippen LogP contribution in [-0.2, 0) is 4.74 Å². The van der Waals surface area contributed by atoms with Crippen molar-refractivity contribution in [2.24, 2.45) is 0 Å². The van der Waals surface area contributed by atoms with Gasteiger partial charge in [-0.05, 0) is 32.0 Å². The summed E-state index contributed by atoms with van der Waals surface area (Å²) in [6, 6.07) is 5.66. The maximum atomic E-state index is 12.6. The Bertz CT molecular complexity index is 1090. The van der Waals surface area contributed by atoms with Gasteiger partial charge in [-0.15, -0.1) is 11.3 Å². The third kappa shape index (κ3) is 4.02. The first-order valence-corrected chi connectivity index (χ1v) is 9.46. The zero-order chi connectivity index (χ0) is 21.1. The molecule has 0 atom stereocenters. The number of nitro benzene ring substituents is 1. The van der Waals surface area contributed by atoms with Crippen LogP contribution in [0, 0.1) is 24.0 Å². The van der Waals surface area contributed by atoms with Crippen molar-refractivity contribution in [3.63, 3.8) is 0 Å². The molecule has 0 bridgehead atoms. The number of rotatable bonds is 7. The van der Waals surface area contributed by atoms with E-state index in [2.05, 4.69) is 10.3 Å². The summed E-state index contributed by atoms with van der Waals surface area (Å²) in [6.07, 6.45) is 1.68. The highest BCUT2D eigenvalue weighted by Crippen LogP contribution is 2.26. The zero-order valence-electron chi connectivity index (χ0n) is 16.0. The van der Waals surface area contributed by atoms with Gasteiger partial charge in [-0.1, -0.05) is 0 Å². The molecule has 1 aromatic carbocycles. The Morgan fingerprint density at radius 3 is 2.69 bits per heavy atom. The second kappa shape index (κ2) is 8.23. The first-order valence-electron chi connectivity index (χ1n) is 8.58. The molecule has 3 rings (SSSR count). The van der Waals surface area contributed by atoms with E-state index in [0.717, 1.165) is 16.9 Å². The Morgan fingerprint density at radius 1 is 1.31 bits per heavy atom. The molecule has 0 fully saturated rings. The van der Waals surface area contributed by atoms with Crippen molar-refractivity contribution in [3.8, 4) is 5.13 Å².